The van der Waals surface area contributed by atoms with E-state index in [1.165, 1.54) is 19.1 Å². The van der Waals surface area contributed by atoms with Crippen LogP contribution in [-0.4, -0.2) is 5.97 Å². The van der Waals surface area contributed by atoms with Crippen molar-refractivity contribution in [3.05, 3.63) is 59.7 Å². The molecule has 0 spiro atoms. The standard InChI is InChI=1S/C15H14F2O2/c1-10(2)14(18)19-15(5-3-4-6-15)11-7-12(16)9-13(17)8-11/h3,5,7-9H,1,4,6H2,2H3. The Morgan fingerprint density at radius 1 is 1.32 bits per heavy atom. The minimum atomic E-state index is -1.10. The van der Waals surface area contributed by atoms with E-state index in [-0.39, 0.29) is 5.57 Å². The molecular formula is C15H14F2O2. The number of rotatable bonds is 3. The van der Waals surface area contributed by atoms with Crippen LogP contribution >= 0.6 is 0 Å². The number of ether oxygens (including phenoxy) is 1. The molecule has 1 aliphatic carbocycles. The first-order valence-electron chi connectivity index (χ1n) is 5.96. The van der Waals surface area contributed by atoms with E-state index in [0.29, 0.717) is 18.4 Å². The van der Waals surface area contributed by atoms with Crippen molar-refractivity contribution in [2.45, 2.75) is 25.4 Å². The lowest BCUT2D eigenvalue weighted by Gasteiger charge is -2.28. The molecule has 100 valence electrons. The van der Waals surface area contributed by atoms with Crippen LogP contribution in [0.1, 0.15) is 25.3 Å². The van der Waals surface area contributed by atoms with Gasteiger partial charge < -0.3 is 4.74 Å². The van der Waals surface area contributed by atoms with Crippen LogP contribution in [0.25, 0.3) is 0 Å². The van der Waals surface area contributed by atoms with Crippen molar-refractivity contribution < 1.29 is 18.3 Å². The van der Waals surface area contributed by atoms with Gasteiger partial charge in [-0.25, -0.2) is 13.6 Å². The van der Waals surface area contributed by atoms with Crippen molar-refractivity contribution in [2.75, 3.05) is 0 Å². The second-order valence-corrected chi connectivity index (χ2v) is 4.66. The number of carbonyl (C=O) groups is 1. The van der Waals surface area contributed by atoms with E-state index in [1.54, 1.807) is 6.08 Å². The summed E-state index contributed by atoms with van der Waals surface area (Å²) in [6, 6.07) is 3.16. The van der Waals surface area contributed by atoms with Crippen molar-refractivity contribution in [3.63, 3.8) is 0 Å². The first-order chi connectivity index (χ1) is 8.93. The molecule has 0 N–H and O–H groups in total. The van der Waals surface area contributed by atoms with Gasteiger partial charge in [0.2, 0.25) is 0 Å². The number of allylic oxidation sites excluding steroid dienone is 1. The van der Waals surface area contributed by atoms with Crippen LogP contribution in [0.15, 0.2) is 42.5 Å². The molecular weight excluding hydrogens is 250 g/mol. The van der Waals surface area contributed by atoms with E-state index in [4.69, 9.17) is 4.74 Å². The highest BCUT2D eigenvalue weighted by Crippen LogP contribution is 2.38. The lowest BCUT2D eigenvalue weighted by Crippen LogP contribution is -2.29. The van der Waals surface area contributed by atoms with Crippen molar-refractivity contribution in [1.82, 2.24) is 0 Å². The molecule has 0 aromatic heterocycles. The van der Waals surface area contributed by atoms with Crippen LogP contribution in [0.5, 0.6) is 0 Å². The van der Waals surface area contributed by atoms with Crippen LogP contribution in [-0.2, 0) is 15.1 Å². The lowest BCUT2D eigenvalue weighted by molar-refractivity contribution is -0.151. The third kappa shape index (κ3) is 2.72. The molecule has 19 heavy (non-hydrogen) atoms. The van der Waals surface area contributed by atoms with E-state index in [1.807, 2.05) is 6.08 Å². The minimum Gasteiger partial charge on any atom is -0.447 e. The summed E-state index contributed by atoms with van der Waals surface area (Å²) in [5.74, 6) is -1.96. The van der Waals surface area contributed by atoms with Gasteiger partial charge in [-0.05, 0) is 38.0 Å². The molecule has 0 bridgehead atoms. The van der Waals surface area contributed by atoms with Crippen LogP contribution in [0.2, 0.25) is 0 Å². The summed E-state index contributed by atoms with van der Waals surface area (Å²) >= 11 is 0. The highest BCUT2D eigenvalue weighted by Gasteiger charge is 2.36. The van der Waals surface area contributed by atoms with Crippen LogP contribution < -0.4 is 0 Å². The van der Waals surface area contributed by atoms with Gasteiger partial charge in [-0.3, -0.25) is 0 Å². The third-order valence-electron chi connectivity index (χ3n) is 3.04. The summed E-state index contributed by atoms with van der Waals surface area (Å²) in [5, 5.41) is 0. The van der Waals surface area contributed by atoms with E-state index < -0.39 is 23.2 Å². The van der Waals surface area contributed by atoms with Crippen LogP contribution in [0.3, 0.4) is 0 Å². The zero-order chi connectivity index (χ0) is 14.0. The van der Waals surface area contributed by atoms with Gasteiger partial charge in [-0.15, -0.1) is 0 Å². The van der Waals surface area contributed by atoms with Crippen molar-refractivity contribution in [2.24, 2.45) is 0 Å². The predicted molar refractivity (Wildman–Crippen MR) is 67.3 cm³/mol. The molecule has 4 heteroatoms. The monoisotopic (exact) mass is 264 g/mol. The first-order valence-corrected chi connectivity index (χ1v) is 5.96. The molecule has 0 amide bonds. The van der Waals surface area contributed by atoms with Gasteiger partial charge in [0.25, 0.3) is 0 Å². The van der Waals surface area contributed by atoms with Crippen LogP contribution in [0, 0.1) is 11.6 Å². The van der Waals surface area contributed by atoms with Gasteiger partial charge in [-0.1, -0.05) is 12.7 Å². The molecule has 0 heterocycles. The predicted octanol–water partition coefficient (Wildman–Crippen LogP) is 3.63. The molecule has 0 radical (unpaired) electrons. The molecule has 2 rings (SSSR count). The molecule has 1 aliphatic rings. The molecule has 1 atom stereocenters. The number of carbonyl (C=O) groups excluding carboxylic acids is 1. The minimum absolute atomic E-state index is 0.247. The summed E-state index contributed by atoms with van der Waals surface area (Å²) < 4.78 is 32.0. The first kappa shape index (κ1) is 13.5. The zero-order valence-electron chi connectivity index (χ0n) is 10.6. The lowest BCUT2D eigenvalue weighted by atomic mass is 9.92. The Morgan fingerprint density at radius 2 is 1.95 bits per heavy atom. The van der Waals surface area contributed by atoms with Crippen molar-refractivity contribution >= 4 is 5.97 Å². The Hall–Kier alpha value is -1.97. The van der Waals surface area contributed by atoms with Crippen molar-refractivity contribution in [3.8, 4) is 0 Å². The average molecular weight is 264 g/mol. The Kier molecular flexibility index (Phi) is 3.51. The highest BCUT2D eigenvalue weighted by molar-refractivity contribution is 5.87. The van der Waals surface area contributed by atoms with Gasteiger partial charge in [0, 0.05) is 17.2 Å². The normalized spacial score (nSPS) is 21.4. The quantitative estimate of drug-likeness (QED) is 0.473. The Balaban J connectivity index is 2.42. The number of halogens is 2. The van der Waals surface area contributed by atoms with Gasteiger partial charge in [-0.2, -0.15) is 0 Å². The number of hydrogen-bond acceptors (Lipinski definition) is 2. The maximum Gasteiger partial charge on any atom is 0.334 e. The number of esters is 1. The number of hydrogen-bond donors (Lipinski definition) is 0. The van der Waals surface area contributed by atoms with Crippen molar-refractivity contribution in [1.29, 1.82) is 0 Å². The van der Waals surface area contributed by atoms with E-state index in [0.717, 1.165) is 6.07 Å². The summed E-state index contributed by atoms with van der Waals surface area (Å²) in [4.78, 5) is 11.7. The van der Waals surface area contributed by atoms with Gasteiger partial charge >= 0.3 is 5.97 Å². The van der Waals surface area contributed by atoms with E-state index in [2.05, 4.69) is 6.58 Å². The molecule has 1 unspecified atom stereocenters. The zero-order valence-corrected chi connectivity index (χ0v) is 10.6. The van der Waals surface area contributed by atoms with Gasteiger partial charge in [0.1, 0.15) is 11.6 Å². The van der Waals surface area contributed by atoms with Gasteiger partial charge in [0.15, 0.2) is 5.60 Å². The fourth-order valence-electron chi connectivity index (χ4n) is 2.09. The SMILES string of the molecule is C=C(C)C(=O)OC1(c2cc(F)cc(F)c2)C=CCC1. The topological polar surface area (TPSA) is 26.3 Å². The van der Waals surface area contributed by atoms with E-state index in [9.17, 15) is 13.6 Å². The molecule has 0 aliphatic heterocycles. The maximum absolute atomic E-state index is 13.3. The average Bonchev–Trinajstić information content (AvgIpc) is 2.77. The Labute approximate surface area is 110 Å². The fourth-order valence-corrected chi connectivity index (χ4v) is 2.09. The second-order valence-electron chi connectivity index (χ2n) is 4.66. The summed E-state index contributed by atoms with van der Waals surface area (Å²) in [7, 11) is 0. The third-order valence-corrected chi connectivity index (χ3v) is 3.04. The summed E-state index contributed by atoms with van der Waals surface area (Å²) in [6.07, 6.45) is 4.65. The Morgan fingerprint density at radius 3 is 2.42 bits per heavy atom. The van der Waals surface area contributed by atoms with Gasteiger partial charge in [0.05, 0.1) is 0 Å². The number of benzene rings is 1. The maximum atomic E-state index is 13.3. The van der Waals surface area contributed by atoms with Crippen LogP contribution in [0.4, 0.5) is 8.78 Å². The molecule has 2 nitrogen and oxygen atoms in total. The van der Waals surface area contributed by atoms with E-state index >= 15 is 0 Å². The summed E-state index contributed by atoms with van der Waals surface area (Å²) in [5.41, 5.74) is -0.552. The largest absolute Gasteiger partial charge is 0.447 e. The summed E-state index contributed by atoms with van der Waals surface area (Å²) in [6.45, 7) is 5.04. The second kappa shape index (κ2) is 4.96. The highest BCUT2D eigenvalue weighted by atomic mass is 19.1. The molecule has 1 aromatic carbocycles. The molecule has 1 aromatic rings. The molecule has 0 saturated heterocycles. The smallest absolute Gasteiger partial charge is 0.334 e. The molecule has 0 fully saturated rings. The molecule has 0 saturated carbocycles. The Bertz CT molecular complexity index is 543. The fraction of sp³-hybridized carbons (Fsp3) is 0.267.